The molecule has 1 saturated heterocycles. The first kappa shape index (κ1) is 35.3. The van der Waals surface area contributed by atoms with Crippen LogP contribution in [0.2, 0.25) is 30.8 Å². The zero-order valence-corrected chi connectivity index (χ0v) is 30.2. The molecule has 0 aromatic carbocycles. The van der Waals surface area contributed by atoms with Crippen LogP contribution in [0, 0.1) is 0 Å². The van der Waals surface area contributed by atoms with Gasteiger partial charge in [0.15, 0.2) is 5.82 Å². The molecule has 5 heterocycles. The Morgan fingerprint density at radius 1 is 1.08 bits per heavy atom. The molecule has 256 valence electrons. The summed E-state index contributed by atoms with van der Waals surface area (Å²) in [4.78, 5) is 49.6. The lowest BCUT2D eigenvalue weighted by Crippen LogP contribution is -2.48. The Bertz CT molecular complexity index is 1740. The molecule has 2 N–H and O–H groups in total. The molecule has 0 unspecified atom stereocenters. The van der Waals surface area contributed by atoms with Crippen molar-refractivity contribution < 1.29 is 19.1 Å². The van der Waals surface area contributed by atoms with E-state index < -0.39 is 19.8 Å². The minimum atomic E-state index is -1.25. The van der Waals surface area contributed by atoms with E-state index in [0.29, 0.717) is 53.1 Å². The minimum Gasteiger partial charge on any atom is -0.444 e. The van der Waals surface area contributed by atoms with Crippen LogP contribution in [0.1, 0.15) is 49.7 Å². The van der Waals surface area contributed by atoms with Crippen LogP contribution in [0.15, 0.2) is 43.1 Å². The van der Waals surface area contributed by atoms with Crippen LogP contribution < -0.4 is 10.6 Å². The number of fused-ring (bicyclic) bond motifs is 1. The van der Waals surface area contributed by atoms with Crippen molar-refractivity contribution in [3.05, 3.63) is 59.5 Å². The number of amides is 2. The zero-order chi connectivity index (χ0) is 34.5. The fourth-order valence-corrected chi connectivity index (χ4v) is 6.29. The average Bonchev–Trinajstić information content (AvgIpc) is 3.38. The fourth-order valence-electron chi connectivity index (χ4n) is 5.35. The molecule has 4 aromatic heterocycles. The highest BCUT2D eigenvalue weighted by atomic mass is 35.5. The Morgan fingerprint density at radius 2 is 1.85 bits per heavy atom. The molecular weight excluding hydrogens is 650 g/mol. The van der Waals surface area contributed by atoms with Crippen LogP contribution in [0.5, 0.6) is 0 Å². The third kappa shape index (κ3) is 9.78. The monoisotopic (exact) mass is 693 g/mol. The maximum absolute atomic E-state index is 13.2. The molecule has 0 spiro atoms. The summed E-state index contributed by atoms with van der Waals surface area (Å²) in [5, 5.41) is 6.84. The number of halogens is 1. The summed E-state index contributed by atoms with van der Waals surface area (Å²) in [5.74, 6) is 0.0558. The van der Waals surface area contributed by atoms with E-state index in [2.05, 4.69) is 60.1 Å². The number of pyridine rings is 1. The van der Waals surface area contributed by atoms with Gasteiger partial charge in [0.05, 0.1) is 29.2 Å². The topological polar surface area (TPSA) is 149 Å². The molecule has 2 amide bonds. The molecule has 0 radical (unpaired) electrons. The lowest BCUT2D eigenvalue weighted by molar-refractivity contribution is 0.0470. The number of rotatable bonds is 11. The largest absolute Gasteiger partial charge is 0.444 e. The molecule has 48 heavy (non-hydrogen) atoms. The number of aromatic nitrogens is 6. The van der Waals surface area contributed by atoms with Gasteiger partial charge in [-0.05, 0) is 70.0 Å². The smallest absolute Gasteiger partial charge is 0.407 e. The summed E-state index contributed by atoms with van der Waals surface area (Å²) >= 11 is 6.38. The Kier molecular flexibility index (Phi) is 11.1. The van der Waals surface area contributed by atoms with Crippen LogP contribution >= 0.6 is 11.6 Å². The molecule has 15 heteroatoms. The van der Waals surface area contributed by atoms with E-state index in [1.165, 1.54) is 6.33 Å². The molecule has 13 nitrogen and oxygen atoms in total. The Balaban J connectivity index is 1.22. The maximum atomic E-state index is 13.2. The molecule has 1 atom stereocenters. The SMILES string of the molecule is CC(C)(C)OC(=O)N[C@@H]1CCCN(Cc2ccnc(C(=O)Nc3cnc(-c4cc5c(Cl)ncnc5n4COCC[Si](C)(C)C)nc3)c2)C1. The molecule has 4 aromatic rings. The lowest BCUT2D eigenvalue weighted by Gasteiger charge is -2.33. The number of likely N-dealkylation sites (tertiary alicyclic amines) is 1. The van der Waals surface area contributed by atoms with Crippen molar-refractivity contribution in [3.8, 4) is 11.5 Å². The number of nitrogens with zero attached hydrogens (tertiary/aromatic N) is 7. The van der Waals surface area contributed by atoms with E-state index in [0.717, 1.165) is 31.0 Å². The summed E-state index contributed by atoms with van der Waals surface area (Å²) in [7, 11) is -1.25. The first-order valence-electron chi connectivity index (χ1n) is 16.1. The maximum Gasteiger partial charge on any atom is 0.407 e. The van der Waals surface area contributed by atoms with E-state index in [-0.39, 0.29) is 24.4 Å². The van der Waals surface area contributed by atoms with Crippen molar-refractivity contribution in [1.82, 2.24) is 39.7 Å². The third-order valence-corrected chi connectivity index (χ3v) is 9.69. The third-order valence-electron chi connectivity index (χ3n) is 7.69. The van der Waals surface area contributed by atoms with Crippen molar-refractivity contribution >= 4 is 48.4 Å². The van der Waals surface area contributed by atoms with Crippen molar-refractivity contribution in [2.75, 3.05) is 25.0 Å². The second-order valence-electron chi connectivity index (χ2n) is 14.2. The second-order valence-corrected chi connectivity index (χ2v) is 20.2. The molecule has 1 fully saturated rings. The molecule has 5 rings (SSSR count). The normalized spacial score (nSPS) is 15.8. The standard InChI is InChI=1S/C33H44ClN9O4Si/c1-33(2,3)47-32(45)41-23-8-7-11-42(19-23)18-22-9-10-35-26(14-22)31(44)40-24-16-36-29(37-17-24)27-15-25-28(34)38-20-39-30(25)43(27)21-46-12-13-48(4,5)6/h9-10,14-17,20,23H,7-8,11-13,18-19,21H2,1-6H3,(H,40,44)(H,41,45)/t23-/m1/s1. The van der Waals surface area contributed by atoms with Crippen molar-refractivity contribution in [1.29, 1.82) is 0 Å². The van der Waals surface area contributed by atoms with Gasteiger partial charge in [0.2, 0.25) is 0 Å². The predicted octanol–water partition coefficient (Wildman–Crippen LogP) is 5.99. The minimum absolute atomic E-state index is 0.00479. The van der Waals surface area contributed by atoms with Crippen molar-refractivity contribution in [2.45, 2.75) is 84.2 Å². The number of piperidine rings is 1. The summed E-state index contributed by atoms with van der Waals surface area (Å²) in [6.07, 6.45) is 7.58. The molecule has 0 aliphatic carbocycles. The molecule has 1 aliphatic heterocycles. The number of anilines is 1. The highest BCUT2D eigenvalue weighted by molar-refractivity contribution is 6.76. The van der Waals surface area contributed by atoms with E-state index in [9.17, 15) is 9.59 Å². The Hall–Kier alpha value is -3.98. The highest BCUT2D eigenvalue weighted by Gasteiger charge is 2.25. The molecular formula is C33H44ClN9O4Si. The van der Waals surface area contributed by atoms with Crippen LogP contribution in [0.25, 0.3) is 22.6 Å². The van der Waals surface area contributed by atoms with E-state index in [4.69, 9.17) is 21.1 Å². The fraction of sp³-hybridized carbons (Fsp3) is 0.485. The number of nitrogens with one attached hydrogen (secondary N) is 2. The first-order valence-corrected chi connectivity index (χ1v) is 20.2. The van der Waals surface area contributed by atoms with Crippen molar-refractivity contribution in [2.24, 2.45) is 0 Å². The predicted molar refractivity (Wildman–Crippen MR) is 188 cm³/mol. The van der Waals surface area contributed by atoms with E-state index >= 15 is 0 Å². The summed E-state index contributed by atoms with van der Waals surface area (Å²) in [6.45, 7) is 15.6. The van der Waals surface area contributed by atoms with Gasteiger partial charge >= 0.3 is 6.09 Å². The zero-order valence-electron chi connectivity index (χ0n) is 28.4. The van der Waals surface area contributed by atoms with Gasteiger partial charge in [-0.3, -0.25) is 19.2 Å². The Morgan fingerprint density at radius 3 is 2.58 bits per heavy atom. The first-order chi connectivity index (χ1) is 22.7. The van der Waals surface area contributed by atoms with Gasteiger partial charge in [-0.2, -0.15) is 0 Å². The summed E-state index contributed by atoms with van der Waals surface area (Å²) in [5.41, 5.74) is 2.41. The number of ether oxygens (including phenoxy) is 2. The molecule has 0 saturated carbocycles. The molecule has 1 aliphatic rings. The Labute approximate surface area is 286 Å². The van der Waals surface area contributed by atoms with Gasteiger partial charge in [-0.25, -0.2) is 24.7 Å². The van der Waals surface area contributed by atoms with E-state index in [1.807, 2.05) is 37.5 Å². The average molecular weight is 694 g/mol. The second kappa shape index (κ2) is 15.1. The summed E-state index contributed by atoms with van der Waals surface area (Å²) < 4.78 is 13.3. The number of alkyl carbamates (subject to hydrolysis) is 1. The highest BCUT2D eigenvalue weighted by Crippen LogP contribution is 2.29. The summed E-state index contributed by atoms with van der Waals surface area (Å²) in [6, 6.07) is 6.55. The van der Waals surface area contributed by atoms with Gasteiger partial charge in [0.1, 0.15) is 35.2 Å². The van der Waals surface area contributed by atoms with Gasteiger partial charge in [0.25, 0.3) is 5.91 Å². The van der Waals surface area contributed by atoms with Crippen LogP contribution in [0.3, 0.4) is 0 Å². The van der Waals surface area contributed by atoms with Gasteiger partial charge in [-0.15, -0.1) is 0 Å². The van der Waals surface area contributed by atoms with E-state index in [1.54, 1.807) is 24.7 Å². The molecule has 0 bridgehead atoms. The van der Waals surface area contributed by atoms with Crippen molar-refractivity contribution in [3.63, 3.8) is 0 Å². The number of hydrogen-bond acceptors (Lipinski definition) is 10. The number of carbonyl (C=O) groups excluding carboxylic acids is 2. The quantitative estimate of drug-likeness (QED) is 0.109. The lowest BCUT2D eigenvalue weighted by atomic mass is 10.0. The van der Waals surface area contributed by atoms with Crippen LogP contribution in [-0.4, -0.2) is 85.8 Å². The number of carbonyl (C=O) groups is 2. The number of hydrogen-bond donors (Lipinski definition) is 2. The van der Waals surface area contributed by atoms with Crippen LogP contribution in [-0.2, 0) is 22.7 Å². The van der Waals surface area contributed by atoms with Crippen LogP contribution in [0.4, 0.5) is 10.5 Å². The van der Waals surface area contributed by atoms with Gasteiger partial charge in [0, 0.05) is 40.0 Å². The van der Waals surface area contributed by atoms with Gasteiger partial charge < -0.3 is 20.1 Å². The van der Waals surface area contributed by atoms with Gasteiger partial charge in [-0.1, -0.05) is 31.2 Å².